The van der Waals surface area contributed by atoms with Gasteiger partial charge in [0.25, 0.3) is 5.91 Å². The molecule has 1 atom stereocenters. The summed E-state index contributed by atoms with van der Waals surface area (Å²) < 4.78 is 10.9. The number of rotatable bonds is 8. The van der Waals surface area contributed by atoms with Crippen molar-refractivity contribution in [3.8, 4) is 5.75 Å². The predicted octanol–water partition coefficient (Wildman–Crippen LogP) is 2.65. The number of methoxy groups -OCH3 is 1. The lowest BCUT2D eigenvalue weighted by Gasteiger charge is -2.25. The third kappa shape index (κ3) is 4.85. The molecule has 0 saturated heterocycles. The summed E-state index contributed by atoms with van der Waals surface area (Å²) in [5.41, 5.74) is 1.16. The van der Waals surface area contributed by atoms with E-state index in [0.717, 1.165) is 11.3 Å². The van der Waals surface area contributed by atoms with Gasteiger partial charge in [0.15, 0.2) is 0 Å². The molecule has 112 valence electrons. The van der Waals surface area contributed by atoms with Crippen LogP contribution in [0, 0.1) is 6.92 Å². The molecule has 0 aliphatic carbocycles. The molecule has 4 nitrogen and oxygen atoms in total. The fraction of sp³-hybridized carbons (Fsp3) is 0.562. The van der Waals surface area contributed by atoms with Crippen LogP contribution in [0.2, 0.25) is 0 Å². The van der Waals surface area contributed by atoms with Gasteiger partial charge in [-0.25, -0.2) is 0 Å². The van der Waals surface area contributed by atoms with Crippen molar-refractivity contribution in [2.45, 2.75) is 33.3 Å². The van der Waals surface area contributed by atoms with E-state index in [-0.39, 0.29) is 12.0 Å². The van der Waals surface area contributed by atoms with E-state index in [9.17, 15) is 4.79 Å². The van der Waals surface area contributed by atoms with Crippen molar-refractivity contribution in [1.82, 2.24) is 4.90 Å². The minimum Gasteiger partial charge on any atom is -0.492 e. The van der Waals surface area contributed by atoms with Crippen LogP contribution in [0.1, 0.15) is 25.8 Å². The Labute approximate surface area is 121 Å². The van der Waals surface area contributed by atoms with Gasteiger partial charge >= 0.3 is 0 Å². The third-order valence-corrected chi connectivity index (χ3v) is 3.24. The molecule has 1 unspecified atom stereocenters. The summed E-state index contributed by atoms with van der Waals surface area (Å²) in [5.74, 6) is 0.873. The number of nitrogens with zero attached hydrogens (tertiary/aromatic N) is 1. The van der Waals surface area contributed by atoms with Crippen LogP contribution in [0.15, 0.2) is 24.3 Å². The first-order valence-electron chi connectivity index (χ1n) is 7.13. The van der Waals surface area contributed by atoms with Crippen molar-refractivity contribution in [3.63, 3.8) is 0 Å². The summed E-state index contributed by atoms with van der Waals surface area (Å²) in [6, 6.07) is 7.90. The van der Waals surface area contributed by atoms with Crippen LogP contribution in [0.4, 0.5) is 0 Å². The molecule has 0 spiro atoms. The smallest absolute Gasteiger partial charge is 0.251 e. The van der Waals surface area contributed by atoms with Crippen molar-refractivity contribution in [3.05, 3.63) is 29.8 Å². The van der Waals surface area contributed by atoms with Crippen LogP contribution >= 0.6 is 0 Å². The van der Waals surface area contributed by atoms with E-state index in [1.807, 2.05) is 45.0 Å². The first kappa shape index (κ1) is 16.5. The fourth-order valence-corrected chi connectivity index (χ4v) is 2.05. The van der Waals surface area contributed by atoms with Crippen LogP contribution in [0.5, 0.6) is 5.75 Å². The highest BCUT2D eigenvalue weighted by Crippen LogP contribution is 2.12. The normalized spacial score (nSPS) is 12.0. The standard InChI is InChI=1S/C16H25NO3/c1-5-15(19-4)16(18)17(6-2)10-11-20-14-9-7-8-13(3)12-14/h7-9,12,15H,5-6,10-11H2,1-4H3. The number of ether oxygens (including phenoxy) is 2. The lowest BCUT2D eigenvalue weighted by molar-refractivity contribution is -0.142. The van der Waals surface area contributed by atoms with Gasteiger partial charge < -0.3 is 14.4 Å². The molecule has 20 heavy (non-hydrogen) atoms. The Bertz CT molecular complexity index is 416. The monoisotopic (exact) mass is 279 g/mol. The Morgan fingerprint density at radius 1 is 1.35 bits per heavy atom. The minimum absolute atomic E-state index is 0.0327. The number of hydrogen-bond acceptors (Lipinski definition) is 3. The number of benzene rings is 1. The van der Waals surface area contributed by atoms with Gasteiger partial charge in [-0.3, -0.25) is 4.79 Å². The molecule has 0 saturated carbocycles. The van der Waals surface area contributed by atoms with E-state index in [4.69, 9.17) is 9.47 Å². The second-order valence-corrected chi connectivity index (χ2v) is 4.72. The van der Waals surface area contributed by atoms with Crippen LogP contribution < -0.4 is 4.74 Å². The van der Waals surface area contributed by atoms with E-state index < -0.39 is 0 Å². The summed E-state index contributed by atoms with van der Waals surface area (Å²) in [7, 11) is 1.57. The van der Waals surface area contributed by atoms with E-state index in [0.29, 0.717) is 26.1 Å². The SMILES string of the molecule is CCC(OC)C(=O)N(CC)CCOc1cccc(C)c1. The molecule has 1 rings (SSSR count). The molecular formula is C16H25NO3. The van der Waals surface area contributed by atoms with Crippen molar-refractivity contribution < 1.29 is 14.3 Å². The lowest BCUT2D eigenvalue weighted by atomic mass is 10.2. The second kappa shape index (κ2) is 8.59. The van der Waals surface area contributed by atoms with Crippen molar-refractivity contribution in [1.29, 1.82) is 0 Å². The highest BCUT2D eigenvalue weighted by molar-refractivity contribution is 5.80. The molecule has 0 bridgehead atoms. The molecule has 0 aliphatic rings. The van der Waals surface area contributed by atoms with E-state index in [1.165, 1.54) is 0 Å². The van der Waals surface area contributed by atoms with E-state index in [1.54, 1.807) is 12.0 Å². The molecule has 1 aromatic carbocycles. The van der Waals surface area contributed by atoms with Crippen LogP contribution in [-0.2, 0) is 9.53 Å². The maximum Gasteiger partial charge on any atom is 0.251 e. The molecule has 0 radical (unpaired) electrons. The molecule has 0 aliphatic heterocycles. The number of aryl methyl sites for hydroxylation is 1. The minimum atomic E-state index is -0.353. The number of carbonyl (C=O) groups is 1. The molecule has 1 aromatic rings. The highest BCUT2D eigenvalue weighted by atomic mass is 16.5. The summed E-state index contributed by atoms with van der Waals surface area (Å²) in [6.07, 6.45) is 0.332. The maximum atomic E-state index is 12.2. The second-order valence-electron chi connectivity index (χ2n) is 4.72. The third-order valence-electron chi connectivity index (χ3n) is 3.24. The quantitative estimate of drug-likeness (QED) is 0.734. The molecule has 0 fully saturated rings. The lowest BCUT2D eigenvalue weighted by Crippen LogP contribution is -2.41. The zero-order valence-electron chi connectivity index (χ0n) is 12.9. The average Bonchev–Trinajstić information content (AvgIpc) is 2.45. The molecule has 0 heterocycles. The summed E-state index contributed by atoms with van der Waals surface area (Å²) in [6.45, 7) is 7.66. The topological polar surface area (TPSA) is 38.8 Å². The number of amides is 1. The Kier molecular flexibility index (Phi) is 7.09. The number of carbonyl (C=O) groups excluding carboxylic acids is 1. The van der Waals surface area contributed by atoms with E-state index in [2.05, 4.69) is 0 Å². The van der Waals surface area contributed by atoms with E-state index >= 15 is 0 Å². The zero-order valence-corrected chi connectivity index (χ0v) is 12.9. The van der Waals surface area contributed by atoms with Gasteiger partial charge in [0, 0.05) is 13.7 Å². The summed E-state index contributed by atoms with van der Waals surface area (Å²) in [5, 5.41) is 0. The molecule has 4 heteroatoms. The van der Waals surface area contributed by atoms with Crippen molar-refractivity contribution >= 4 is 5.91 Å². The largest absolute Gasteiger partial charge is 0.492 e. The Morgan fingerprint density at radius 3 is 2.65 bits per heavy atom. The Morgan fingerprint density at radius 2 is 2.10 bits per heavy atom. The fourth-order valence-electron chi connectivity index (χ4n) is 2.05. The molecule has 1 amide bonds. The van der Waals surface area contributed by atoms with Gasteiger partial charge in [-0.15, -0.1) is 0 Å². The zero-order chi connectivity index (χ0) is 15.0. The summed E-state index contributed by atoms with van der Waals surface area (Å²) in [4.78, 5) is 13.9. The molecular weight excluding hydrogens is 254 g/mol. The molecule has 0 aromatic heterocycles. The predicted molar refractivity (Wildman–Crippen MR) is 80.0 cm³/mol. The summed E-state index contributed by atoms with van der Waals surface area (Å²) >= 11 is 0. The van der Waals surface area contributed by atoms with Crippen molar-refractivity contribution in [2.24, 2.45) is 0 Å². The molecule has 0 N–H and O–H groups in total. The highest BCUT2D eigenvalue weighted by Gasteiger charge is 2.21. The first-order chi connectivity index (χ1) is 9.62. The first-order valence-corrected chi connectivity index (χ1v) is 7.13. The van der Waals surface area contributed by atoms with Gasteiger partial charge in [0.1, 0.15) is 18.5 Å². The Hall–Kier alpha value is -1.55. The van der Waals surface area contributed by atoms with Crippen LogP contribution in [0.25, 0.3) is 0 Å². The van der Waals surface area contributed by atoms with Crippen LogP contribution in [-0.4, -0.2) is 43.7 Å². The maximum absolute atomic E-state index is 12.2. The van der Waals surface area contributed by atoms with Gasteiger partial charge in [0.05, 0.1) is 6.54 Å². The number of hydrogen-bond donors (Lipinski definition) is 0. The van der Waals surface area contributed by atoms with Gasteiger partial charge in [-0.2, -0.15) is 0 Å². The Balaban J connectivity index is 2.47. The average molecular weight is 279 g/mol. The van der Waals surface area contributed by atoms with Gasteiger partial charge in [-0.1, -0.05) is 19.1 Å². The van der Waals surface area contributed by atoms with Gasteiger partial charge in [0.2, 0.25) is 0 Å². The van der Waals surface area contributed by atoms with Crippen molar-refractivity contribution in [2.75, 3.05) is 26.8 Å². The number of likely N-dealkylation sites (N-methyl/N-ethyl adjacent to an activating group) is 1. The van der Waals surface area contributed by atoms with Crippen LogP contribution in [0.3, 0.4) is 0 Å². The van der Waals surface area contributed by atoms with Gasteiger partial charge in [-0.05, 0) is 38.0 Å².